The van der Waals surface area contributed by atoms with E-state index in [0.29, 0.717) is 13.2 Å². The molecule has 0 aromatic heterocycles. The predicted octanol–water partition coefficient (Wildman–Crippen LogP) is 2.27. The van der Waals surface area contributed by atoms with Gasteiger partial charge in [-0.25, -0.2) is 8.42 Å². The van der Waals surface area contributed by atoms with E-state index < -0.39 is 9.05 Å². The largest absolute Gasteiger partial charge is 0.491 e. The van der Waals surface area contributed by atoms with Crippen molar-refractivity contribution in [2.45, 2.75) is 13.8 Å². The zero-order chi connectivity index (χ0) is 13.6. The molecule has 0 aliphatic heterocycles. The summed E-state index contributed by atoms with van der Waals surface area (Å²) in [4.78, 5) is 0. The van der Waals surface area contributed by atoms with Gasteiger partial charge in [0, 0.05) is 10.7 Å². The van der Waals surface area contributed by atoms with Crippen molar-refractivity contribution in [2.24, 2.45) is 0 Å². The van der Waals surface area contributed by atoms with E-state index in [2.05, 4.69) is 0 Å². The van der Waals surface area contributed by atoms with Crippen LogP contribution in [0.5, 0.6) is 5.75 Å². The molecule has 0 aliphatic carbocycles. The van der Waals surface area contributed by atoms with Gasteiger partial charge in [-0.1, -0.05) is 17.7 Å². The summed E-state index contributed by atoms with van der Waals surface area (Å²) in [5.41, 5.74) is 2.25. The van der Waals surface area contributed by atoms with Gasteiger partial charge in [0.25, 0.3) is 0 Å². The van der Waals surface area contributed by atoms with E-state index in [4.69, 9.17) is 20.2 Å². The predicted molar refractivity (Wildman–Crippen MR) is 71.9 cm³/mol. The molecule has 1 aromatic rings. The fourth-order valence-electron chi connectivity index (χ4n) is 1.43. The Morgan fingerprint density at radius 2 is 1.89 bits per heavy atom. The van der Waals surface area contributed by atoms with Crippen LogP contribution in [0.1, 0.15) is 11.1 Å². The van der Waals surface area contributed by atoms with Gasteiger partial charge in [0.1, 0.15) is 12.4 Å². The lowest BCUT2D eigenvalue weighted by atomic mass is 10.1. The van der Waals surface area contributed by atoms with Gasteiger partial charge >= 0.3 is 0 Å². The molecule has 0 unspecified atom stereocenters. The van der Waals surface area contributed by atoms with Crippen LogP contribution in [0, 0.1) is 13.8 Å². The molecule has 102 valence electrons. The maximum absolute atomic E-state index is 10.6. The summed E-state index contributed by atoms with van der Waals surface area (Å²) >= 11 is 0. The fourth-order valence-corrected chi connectivity index (χ4v) is 1.94. The van der Waals surface area contributed by atoms with Crippen molar-refractivity contribution in [3.8, 4) is 5.75 Å². The van der Waals surface area contributed by atoms with Gasteiger partial charge in [-0.3, -0.25) is 0 Å². The Morgan fingerprint density at radius 1 is 1.17 bits per heavy atom. The molecule has 1 rings (SSSR count). The average molecular weight is 293 g/mol. The van der Waals surface area contributed by atoms with Gasteiger partial charge in [-0.15, -0.1) is 0 Å². The SMILES string of the molecule is Cc1ccc(OCCOCCS(=O)(=O)Cl)c(C)c1. The molecule has 0 atom stereocenters. The number of benzene rings is 1. The zero-order valence-corrected chi connectivity index (χ0v) is 12.1. The minimum absolute atomic E-state index is 0.0854. The molecule has 18 heavy (non-hydrogen) atoms. The third-order valence-corrected chi connectivity index (χ3v) is 3.40. The van der Waals surface area contributed by atoms with E-state index in [1.807, 2.05) is 32.0 Å². The molecular weight excluding hydrogens is 276 g/mol. The van der Waals surface area contributed by atoms with Crippen molar-refractivity contribution in [1.29, 1.82) is 0 Å². The summed E-state index contributed by atoms with van der Waals surface area (Å²) in [6.45, 7) is 4.80. The van der Waals surface area contributed by atoms with E-state index in [0.717, 1.165) is 11.3 Å². The Labute approximate surface area is 112 Å². The third kappa shape index (κ3) is 6.23. The fraction of sp³-hybridized carbons (Fsp3) is 0.500. The first kappa shape index (κ1) is 15.3. The number of hydrogen-bond acceptors (Lipinski definition) is 4. The first-order valence-corrected chi connectivity index (χ1v) is 8.06. The number of aryl methyl sites for hydroxylation is 2. The standard InChI is InChI=1S/C12H17ClO4S/c1-10-3-4-12(11(2)9-10)17-6-5-16-7-8-18(13,14)15/h3-4,9H,5-8H2,1-2H3. The highest BCUT2D eigenvalue weighted by Crippen LogP contribution is 2.18. The summed E-state index contributed by atoms with van der Waals surface area (Å²) in [5, 5.41) is 0. The van der Waals surface area contributed by atoms with E-state index in [1.165, 1.54) is 5.56 Å². The first-order valence-electron chi connectivity index (χ1n) is 5.58. The van der Waals surface area contributed by atoms with Crippen LogP contribution in [0.4, 0.5) is 0 Å². The quantitative estimate of drug-likeness (QED) is 0.571. The van der Waals surface area contributed by atoms with Gasteiger partial charge in [0.05, 0.1) is 19.0 Å². The molecule has 0 aliphatic rings. The lowest BCUT2D eigenvalue weighted by molar-refractivity contribution is 0.111. The Hall–Kier alpha value is -0.780. The average Bonchev–Trinajstić information content (AvgIpc) is 2.24. The number of halogens is 1. The second kappa shape index (κ2) is 6.97. The van der Waals surface area contributed by atoms with Crippen molar-refractivity contribution in [1.82, 2.24) is 0 Å². The topological polar surface area (TPSA) is 52.6 Å². The number of ether oxygens (including phenoxy) is 2. The maximum atomic E-state index is 10.6. The Balaban J connectivity index is 2.22. The van der Waals surface area contributed by atoms with Crippen LogP contribution in [0.15, 0.2) is 18.2 Å². The minimum Gasteiger partial charge on any atom is -0.491 e. The van der Waals surface area contributed by atoms with Crippen LogP contribution >= 0.6 is 10.7 Å². The van der Waals surface area contributed by atoms with E-state index in [9.17, 15) is 8.42 Å². The van der Waals surface area contributed by atoms with Crippen LogP contribution in [-0.4, -0.2) is 34.0 Å². The summed E-state index contributed by atoms with van der Waals surface area (Å²) < 4.78 is 31.9. The van der Waals surface area contributed by atoms with Gasteiger partial charge in [-0.05, 0) is 25.5 Å². The molecule has 0 bridgehead atoms. The molecule has 0 heterocycles. The Morgan fingerprint density at radius 3 is 2.50 bits per heavy atom. The smallest absolute Gasteiger partial charge is 0.234 e. The molecule has 0 radical (unpaired) electrons. The first-order chi connectivity index (χ1) is 8.38. The monoisotopic (exact) mass is 292 g/mol. The summed E-state index contributed by atoms with van der Waals surface area (Å²) in [6.07, 6.45) is 0. The van der Waals surface area contributed by atoms with Gasteiger partial charge in [-0.2, -0.15) is 0 Å². The third-order valence-electron chi connectivity index (χ3n) is 2.29. The lowest BCUT2D eigenvalue weighted by Gasteiger charge is -2.09. The number of rotatable bonds is 7. The second-order valence-electron chi connectivity index (χ2n) is 3.97. The van der Waals surface area contributed by atoms with Crippen LogP contribution < -0.4 is 4.74 Å². The normalized spacial score (nSPS) is 11.5. The Bertz CT molecular complexity index is 485. The lowest BCUT2D eigenvalue weighted by Crippen LogP contribution is -2.12. The van der Waals surface area contributed by atoms with Gasteiger partial charge in [0.15, 0.2) is 0 Å². The maximum Gasteiger partial charge on any atom is 0.234 e. The number of hydrogen-bond donors (Lipinski definition) is 0. The molecule has 0 fully saturated rings. The van der Waals surface area contributed by atoms with E-state index in [-0.39, 0.29) is 12.4 Å². The summed E-state index contributed by atoms with van der Waals surface area (Å²) in [5.74, 6) is 0.632. The molecule has 0 amide bonds. The Kier molecular flexibility index (Phi) is 5.91. The summed E-state index contributed by atoms with van der Waals surface area (Å²) in [7, 11) is 1.57. The van der Waals surface area contributed by atoms with Crippen molar-refractivity contribution < 1.29 is 17.9 Å². The summed E-state index contributed by atoms with van der Waals surface area (Å²) in [6, 6.07) is 5.92. The van der Waals surface area contributed by atoms with Crippen molar-refractivity contribution in [2.75, 3.05) is 25.6 Å². The van der Waals surface area contributed by atoms with Crippen LogP contribution in [-0.2, 0) is 13.8 Å². The highest BCUT2D eigenvalue weighted by atomic mass is 35.7. The highest BCUT2D eigenvalue weighted by molar-refractivity contribution is 8.13. The molecule has 0 spiro atoms. The minimum atomic E-state index is -3.47. The van der Waals surface area contributed by atoms with E-state index >= 15 is 0 Å². The van der Waals surface area contributed by atoms with Gasteiger partial charge < -0.3 is 9.47 Å². The molecule has 1 aromatic carbocycles. The molecule has 6 heteroatoms. The van der Waals surface area contributed by atoms with E-state index in [1.54, 1.807) is 0 Å². The molecule has 4 nitrogen and oxygen atoms in total. The second-order valence-corrected chi connectivity index (χ2v) is 6.87. The molecule has 0 N–H and O–H groups in total. The molecule has 0 saturated carbocycles. The van der Waals surface area contributed by atoms with Crippen LogP contribution in [0.2, 0.25) is 0 Å². The molecule has 0 saturated heterocycles. The van der Waals surface area contributed by atoms with Gasteiger partial charge in [0.2, 0.25) is 9.05 Å². The van der Waals surface area contributed by atoms with Crippen molar-refractivity contribution in [3.05, 3.63) is 29.3 Å². The highest BCUT2D eigenvalue weighted by Gasteiger charge is 2.04. The molecular formula is C12H17ClO4S. The zero-order valence-electron chi connectivity index (χ0n) is 10.5. The van der Waals surface area contributed by atoms with Crippen LogP contribution in [0.3, 0.4) is 0 Å². The van der Waals surface area contributed by atoms with Crippen LogP contribution in [0.25, 0.3) is 0 Å². The van der Waals surface area contributed by atoms with Crippen molar-refractivity contribution in [3.63, 3.8) is 0 Å². The van der Waals surface area contributed by atoms with Crippen molar-refractivity contribution >= 4 is 19.7 Å².